The minimum absolute atomic E-state index is 0.104. The van der Waals surface area contributed by atoms with Crippen LogP contribution in [0.25, 0.3) is 0 Å². The molecule has 0 bridgehead atoms. The van der Waals surface area contributed by atoms with E-state index in [0.717, 1.165) is 11.3 Å². The smallest absolute Gasteiger partial charge is 0.240 e. The van der Waals surface area contributed by atoms with Crippen molar-refractivity contribution in [3.63, 3.8) is 0 Å². The van der Waals surface area contributed by atoms with Crippen molar-refractivity contribution in [1.82, 2.24) is 9.88 Å². The highest BCUT2D eigenvalue weighted by Crippen LogP contribution is 2.10. The van der Waals surface area contributed by atoms with Crippen LogP contribution in [0.3, 0.4) is 0 Å². The second-order valence-electron chi connectivity index (χ2n) is 3.96. The number of nitrogens with one attached hydrogen (secondary N) is 2. The van der Waals surface area contributed by atoms with Crippen LogP contribution >= 0.6 is 11.3 Å². The second-order valence-corrected chi connectivity index (χ2v) is 4.86. The highest BCUT2D eigenvalue weighted by atomic mass is 32.1. The van der Waals surface area contributed by atoms with Gasteiger partial charge in [0.15, 0.2) is 4.80 Å². The van der Waals surface area contributed by atoms with Crippen molar-refractivity contribution < 1.29 is 9.53 Å². The molecule has 0 saturated carbocycles. The average molecular weight is 277 g/mol. The van der Waals surface area contributed by atoms with Gasteiger partial charge in [0, 0.05) is 18.1 Å². The number of hydrogen-bond donors (Lipinski definition) is 2. The quantitative estimate of drug-likeness (QED) is 0.866. The van der Waals surface area contributed by atoms with Crippen molar-refractivity contribution >= 4 is 17.2 Å². The lowest BCUT2D eigenvalue weighted by Crippen LogP contribution is -2.29. The number of carbonyl (C=O) groups is 1. The number of carbonyl (C=O) groups excluding carboxylic acids is 1. The Hall–Kier alpha value is -2.08. The number of thiazole rings is 1. The molecule has 6 heteroatoms. The molecular weight excluding hydrogens is 262 g/mol. The van der Waals surface area contributed by atoms with Crippen LogP contribution in [0.1, 0.15) is 5.56 Å². The Labute approximate surface area is 115 Å². The molecule has 0 saturated heterocycles. The average Bonchev–Trinajstić information content (AvgIpc) is 2.82. The summed E-state index contributed by atoms with van der Waals surface area (Å²) in [4.78, 5) is 12.1. The topological polar surface area (TPSA) is 67.1 Å². The summed E-state index contributed by atoms with van der Waals surface area (Å²) in [5, 5.41) is 12.2. The predicted octanol–water partition coefficient (Wildman–Crippen LogP) is 1.35. The Bertz CT molecular complexity index is 601. The standard InChI is InChI=1S/C13H15N3O2S/c1-18-11-4-2-10(3-5-11)8-15-12(17)9-16-6-7-19-13(16)14/h2-7,14H,8-9H2,1H3,(H,15,17). The number of ether oxygens (including phenoxy) is 1. The summed E-state index contributed by atoms with van der Waals surface area (Å²) >= 11 is 1.30. The van der Waals surface area contributed by atoms with E-state index in [2.05, 4.69) is 5.32 Å². The van der Waals surface area contributed by atoms with E-state index in [0.29, 0.717) is 11.3 Å². The summed E-state index contributed by atoms with van der Waals surface area (Å²) in [5.74, 6) is 0.690. The zero-order valence-electron chi connectivity index (χ0n) is 10.6. The van der Waals surface area contributed by atoms with Crippen LogP contribution < -0.4 is 14.9 Å². The fourth-order valence-corrected chi connectivity index (χ4v) is 2.18. The molecule has 0 aliphatic carbocycles. The first-order chi connectivity index (χ1) is 9.19. The Kier molecular flexibility index (Phi) is 4.35. The van der Waals surface area contributed by atoms with E-state index in [9.17, 15) is 4.79 Å². The molecular formula is C13H15N3O2S. The van der Waals surface area contributed by atoms with Gasteiger partial charge in [-0.05, 0) is 17.7 Å². The minimum atomic E-state index is -0.104. The monoisotopic (exact) mass is 277 g/mol. The molecule has 0 atom stereocenters. The second kappa shape index (κ2) is 6.19. The van der Waals surface area contributed by atoms with Crippen molar-refractivity contribution in [3.8, 4) is 5.75 Å². The number of aromatic nitrogens is 1. The lowest BCUT2D eigenvalue weighted by Gasteiger charge is -2.07. The van der Waals surface area contributed by atoms with Gasteiger partial charge in [-0.25, -0.2) is 0 Å². The third-order valence-electron chi connectivity index (χ3n) is 2.64. The molecule has 2 aromatic rings. The maximum Gasteiger partial charge on any atom is 0.240 e. The van der Waals surface area contributed by atoms with Gasteiger partial charge in [-0.15, -0.1) is 11.3 Å². The third kappa shape index (κ3) is 3.69. The maximum absolute atomic E-state index is 11.7. The lowest BCUT2D eigenvalue weighted by atomic mass is 10.2. The van der Waals surface area contributed by atoms with Crippen molar-refractivity contribution in [2.24, 2.45) is 0 Å². The number of methoxy groups -OCH3 is 1. The molecule has 1 amide bonds. The van der Waals surface area contributed by atoms with Gasteiger partial charge < -0.3 is 14.6 Å². The van der Waals surface area contributed by atoms with E-state index in [1.165, 1.54) is 11.3 Å². The molecule has 1 aromatic heterocycles. The van der Waals surface area contributed by atoms with Crippen LogP contribution in [-0.4, -0.2) is 17.6 Å². The van der Waals surface area contributed by atoms with Gasteiger partial charge in [0.2, 0.25) is 5.91 Å². The first-order valence-corrected chi connectivity index (χ1v) is 6.65. The fraction of sp³-hybridized carbons (Fsp3) is 0.231. The van der Waals surface area contributed by atoms with Crippen LogP contribution in [0.15, 0.2) is 35.8 Å². The van der Waals surface area contributed by atoms with Crippen molar-refractivity contribution in [2.75, 3.05) is 7.11 Å². The third-order valence-corrected chi connectivity index (χ3v) is 3.36. The Morgan fingerprint density at radius 2 is 2.16 bits per heavy atom. The van der Waals surface area contributed by atoms with Gasteiger partial charge in [-0.3, -0.25) is 10.2 Å². The number of nitrogens with zero attached hydrogens (tertiary/aromatic N) is 1. The van der Waals surface area contributed by atoms with Gasteiger partial charge in [-0.2, -0.15) is 0 Å². The summed E-state index contributed by atoms with van der Waals surface area (Å²) in [7, 11) is 1.62. The first kappa shape index (κ1) is 13.4. The van der Waals surface area contributed by atoms with Gasteiger partial charge in [0.25, 0.3) is 0 Å². The van der Waals surface area contributed by atoms with Crippen LogP contribution in [0.5, 0.6) is 5.75 Å². The molecule has 5 nitrogen and oxygen atoms in total. The highest BCUT2D eigenvalue weighted by molar-refractivity contribution is 7.06. The zero-order chi connectivity index (χ0) is 13.7. The molecule has 0 radical (unpaired) electrons. The molecule has 100 valence electrons. The van der Waals surface area contributed by atoms with Crippen molar-refractivity contribution in [3.05, 3.63) is 46.2 Å². The zero-order valence-corrected chi connectivity index (χ0v) is 11.4. The minimum Gasteiger partial charge on any atom is -0.497 e. The Balaban J connectivity index is 1.86. The van der Waals surface area contributed by atoms with E-state index in [1.54, 1.807) is 23.3 Å². The van der Waals surface area contributed by atoms with E-state index in [4.69, 9.17) is 10.1 Å². The van der Waals surface area contributed by atoms with Crippen LogP contribution in [0.2, 0.25) is 0 Å². The van der Waals surface area contributed by atoms with Gasteiger partial charge in [-0.1, -0.05) is 12.1 Å². The molecule has 0 unspecified atom stereocenters. The van der Waals surface area contributed by atoms with Crippen LogP contribution in [-0.2, 0) is 17.9 Å². The molecule has 1 heterocycles. The lowest BCUT2D eigenvalue weighted by molar-refractivity contribution is -0.121. The summed E-state index contributed by atoms with van der Waals surface area (Å²) in [6.45, 7) is 0.652. The molecule has 1 aromatic carbocycles. The number of rotatable bonds is 5. The highest BCUT2D eigenvalue weighted by Gasteiger charge is 2.03. The normalized spacial score (nSPS) is 10.2. The summed E-state index contributed by atoms with van der Waals surface area (Å²) in [6.07, 6.45) is 1.74. The predicted molar refractivity (Wildman–Crippen MR) is 73.0 cm³/mol. The fourth-order valence-electron chi connectivity index (χ4n) is 1.58. The SMILES string of the molecule is COc1ccc(CNC(=O)Cn2ccsc2=N)cc1. The van der Waals surface area contributed by atoms with Crippen molar-refractivity contribution in [1.29, 1.82) is 5.41 Å². The van der Waals surface area contributed by atoms with E-state index in [-0.39, 0.29) is 12.5 Å². The summed E-state index contributed by atoms with van der Waals surface area (Å²) in [6, 6.07) is 7.54. The Morgan fingerprint density at radius 1 is 1.42 bits per heavy atom. The number of hydrogen-bond acceptors (Lipinski definition) is 4. The molecule has 19 heavy (non-hydrogen) atoms. The van der Waals surface area contributed by atoms with Gasteiger partial charge >= 0.3 is 0 Å². The van der Waals surface area contributed by atoms with Crippen molar-refractivity contribution in [2.45, 2.75) is 13.1 Å². The summed E-state index contributed by atoms with van der Waals surface area (Å²) < 4.78 is 6.67. The van der Waals surface area contributed by atoms with Crippen LogP contribution in [0, 0.1) is 5.41 Å². The number of benzene rings is 1. The van der Waals surface area contributed by atoms with Gasteiger partial charge in [0.05, 0.1) is 7.11 Å². The molecule has 0 fully saturated rings. The number of amides is 1. The molecule has 0 spiro atoms. The molecule has 2 N–H and O–H groups in total. The summed E-state index contributed by atoms with van der Waals surface area (Å²) in [5.41, 5.74) is 1.01. The molecule has 0 aliphatic rings. The van der Waals surface area contributed by atoms with E-state index >= 15 is 0 Å². The first-order valence-electron chi connectivity index (χ1n) is 5.77. The largest absolute Gasteiger partial charge is 0.497 e. The van der Waals surface area contributed by atoms with E-state index < -0.39 is 0 Å². The van der Waals surface area contributed by atoms with E-state index in [1.807, 2.05) is 24.3 Å². The molecule has 2 rings (SSSR count). The van der Waals surface area contributed by atoms with Gasteiger partial charge in [0.1, 0.15) is 12.3 Å². The maximum atomic E-state index is 11.7. The molecule has 0 aliphatic heterocycles. The van der Waals surface area contributed by atoms with Crippen LogP contribution in [0.4, 0.5) is 0 Å². The Morgan fingerprint density at radius 3 is 2.74 bits per heavy atom.